The molecule has 2 aromatic heterocycles. The maximum atomic E-state index is 12.7. The quantitative estimate of drug-likeness (QED) is 0.607. The highest BCUT2D eigenvalue weighted by Gasteiger charge is 2.15. The van der Waals surface area contributed by atoms with Gasteiger partial charge in [-0.1, -0.05) is 6.92 Å². The fourth-order valence-corrected chi connectivity index (χ4v) is 2.46. The third-order valence-corrected chi connectivity index (χ3v) is 3.60. The van der Waals surface area contributed by atoms with Crippen molar-refractivity contribution < 1.29 is 9.53 Å². The zero-order valence-electron chi connectivity index (χ0n) is 15.3. The van der Waals surface area contributed by atoms with Gasteiger partial charge >= 0.3 is 6.03 Å². The summed E-state index contributed by atoms with van der Waals surface area (Å²) in [6.07, 6.45) is 2.17. The van der Waals surface area contributed by atoms with E-state index < -0.39 is 0 Å². The number of aromatic nitrogens is 5. The van der Waals surface area contributed by atoms with Crippen LogP contribution in [0.2, 0.25) is 0 Å². The molecular weight excluding hydrogens is 350 g/mol. The molecule has 0 aliphatic rings. The molecule has 0 aliphatic heterocycles. The van der Waals surface area contributed by atoms with Crippen LogP contribution in [0.15, 0.2) is 29.3 Å². The Morgan fingerprint density at radius 2 is 2.15 bits per heavy atom. The second-order valence-corrected chi connectivity index (χ2v) is 6.20. The number of carbonyl (C=O) groups excluding carboxylic acids is 1. The second-order valence-electron chi connectivity index (χ2n) is 6.20. The number of hydrogen-bond acceptors (Lipinski definition) is 6. The highest BCUT2D eigenvalue weighted by Crippen LogP contribution is 2.26. The van der Waals surface area contributed by atoms with E-state index in [0.717, 1.165) is 6.42 Å². The average molecular weight is 371 g/mol. The molecule has 0 saturated heterocycles. The second kappa shape index (κ2) is 7.85. The zero-order chi connectivity index (χ0) is 19.4. The maximum absolute atomic E-state index is 12.7. The van der Waals surface area contributed by atoms with Gasteiger partial charge in [-0.15, -0.1) is 10.2 Å². The van der Waals surface area contributed by atoms with Crippen LogP contribution in [-0.2, 0) is 0 Å². The van der Waals surface area contributed by atoms with Crippen LogP contribution in [0.25, 0.3) is 16.9 Å². The van der Waals surface area contributed by atoms with Crippen molar-refractivity contribution in [3.63, 3.8) is 0 Å². The number of nitrogens with zero attached hydrogens (tertiary/aromatic N) is 4. The Hall–Kier alpha value is -3.43. The molecule has 0 aliphatic carbocycles. The number of anilines is 1. The summed E-state index contributed by atoms with van der Waals surface area (Å²) in [7, 11) is 0. The monoisotopic (exact) mass is 371 g/mol. The van der Waals surface area contributed by atoms with Gasteiger partial charge in [0.2, 0.25) is 5.65 Å². The molecule has 2 amide bonds. The summed E-state index contributed by atoms with van der Waals surface area (Å²) in [4.78, 5) is 28.9. The minimum Gasteiger partial charge on any atom is -0.491 e. The number of fused-ring (bicyclic) bond motifs is 1. The predicted octanol–water partition coefficient (Wildman–Crippen LogP) is 1.82. The fraction of sp³-hybridized carbons (Fsp3) is 0.353. The number of carbonyl (C=O) groups is 1. The van der Waals surface area contributed by atoms with Crippen molar-refractivity contribution in [1.82, 2.24) is 30.3 Å². The molecule has 0 fully saturated rings. The van der Waals surface area contributed by atoms with Crippen molar-refractivity contribution in [1.29, 1.82) is 0 Å². The lowest BCUT2D eigenvalue weighted by molar-refractivity contribution is 0.250. The van der Waals surface area contributed by atoms with Crippen molar-refractivity contribution >= 4 is 22.9 Å². The first-order valence-electron chi connectivity index (χ1n) is 8.62. The van der Waals surface area contributed by atoms with Gasteiger partial charge in [-0.05, 0) is 38.5 Å². The zero-order valence-corrected chi connectivity index (χ0v) is 15.3. The van der Waals surface area contributed by atoms with Gasteiger partial charge in [0.1, 0.15) is 12.1 Å². The van der Waals surface area contributed by atoms with Gasteiger partial charge in [-0.25, -0.2) is 9.78 Å². The summed E-state index contributed by atoms with van der Waals surface area (Å²) in [6.45, 7) is 6.21. The lowest BCUT2D eigenvalue weighted by Gasteiger charge is -2.15. The Kier molecular flexibility index (Phi) is 5.34. The highest BCUT2D eigenvalue weighted by atomic mass is 16.5. The summed E-state index contributed by atoms with van der Waals surface area (Å²) < 4.78 is 7.07. The number of H-pyrrole nitrogens is 1. The van der Waals surface area contributed by atoms with Crippen LogP contribution in [-0.4, -0.2) is 43.6 Å². The van der Waals surface area contributed by atoms with Crippen molar-refractivity contribution in [2.45, 2.75) is 33.2 Å². The van der Waals surface area contributed by atoms with E-state index in [1.165, 1.54) is 10.9 Å². The Labute approximate surface area is 154 Å². The first kappa shape index (κ1) is 18.4. The SMILES string of the molecule is CCCOc1ccc(NC(=O)NC(C)C)cc1-n1cnc2n[nH]nc2c1=O. The molecule has 0 radical (unpaired) electrons. The van der Waals surface area contributed by atoms with E-state index in [1.807, 2.05) is 20.8 Å². The van der Waals surface area contributed by atoms with Crippen molar-refractivity contribution in [2.75, 3.05) is 11.9 Å². The van der Waals surface area contributed by atoms with Crippen molar-refractivity contribution in [3.8, 4) is 11.4 Å². The maximum Gasteiger partial charge on any atom is 0.319 e. The molecule has 10 heteroatoms. The first-order chi connectivity index (χ1) is 13.0. The van der Waals surface area contributed by atoms with Crippen LogP contribution < -0.4 is 20.9 Å². The summed E-state index contributed by atoms with van der Waals surface area (Å²) in [6, 6.07) is 4.73. The lowest BCUT2D eigenvalue weighted by Crippen LogP contribution is -2.34. The smallest absolute Gasteiger partial charge is 0.319 e. The minimum absolute atomic E-state index is 0.00183. The molecule has 0 saturated carbocycles. The number of urea groups is 1. The van der Waals surface area contributed by atoms with E-state index in [-0.39, 0.29) is 28.8 Å². The fourth-order valence-electron chi connectivity index (χ4n) is 2.46. The standard InChI is InChI=1S/C17H21N7O3/c1-4-7-27-13-6-5-11(20-17(26)19-10(2)3)8-12(13)24-9-18-15-14(16(24)25)21-23-22-15/h5-6,8-10H,4,7H2,1-3H3,(H2,19,20,26)(H,21,22,23). The van der Waals surface area contributed by atoms with Crippen molar-refractivity contribution in [3.05, 3.63) is 34.9 Å². The van der Waals surface area contributed by atoms with Crippen LogP contribution in [0.1, 0.15) is 27.2 Å². The number of amides is 2. The summed E-state index contributed by atoms with van der Waals surface area (Å²) in [5.74, 6) is 0.499. The van der Waals surface area contributed by atoms with Gasteiger partial charge in [-0.2, -0.15) is 5.21 Å². The molecular formula is C17H21N7O3. The third-order valence-electron chi connectivity index (χ3n) is 3.60. The van der Waals surface area contributed by atoms with E-state index >= 15 is 0 Å². The molecule has 0 spiro atoms. The summed E-state index contributed by atoms with van der Waals surface area (Å²) >= 11 is 0. The summed E-state index contributed by atoms with van der Waals surface area (Å²) in [5.41, 5.74) is 0.930. The van der Waals surface area contributed by atoms with Gasteiger partial charge in [0, 0.05) is 11.7 Å². The molecule has 10 nitrogen and oxygen atoms in total. The molecule has 1 aromatic carbocycles. The molecule has 3 N–H and O–H groups in total. The number of benzene rings is 1. The van der Waals surface area contributed by atoms with Gasteiger partial charge < -0.3 is 15.4 Å². The molecule has 0 bridgehead atoms. The average Bonchev–Trinajstić information content (AvgIpc) is 3.10. The topological polar surface area (TPSA) is 127 Å². The molecule has 3 rings (SSSR count). The van der Waals surface area contributed by atoms with Crippen LogP contribution in [0.4, 0.5) is 10.5 Å². The van der Waals surface area contributed by atoms with Gasteiger partial charge in [-0.3, -0.25) is 9.36 Å². The number of nitrogens with one attached hydrogen (secondary N) is 3. The summed E-state index contributed by atoms with van der Waals surface area (Å²) in [5, 5.41) is 15.5. The highest BCUT2D eigenvalue weighted by molar-refractivity contribution is 5.90. The first-order valence-corrected chi connectivity index (χ1v) is 8.62. The molecule has 0 atom stereocenters. The minimum atomic E-state index is -0.390. The Balaban J connectivity index is 2.03. The largest absolute Gasteiger partial charge is 0.491 e. The number of hydrogen-bond donors (Lipinski definition) is 3. The number of aromatic amines is 1. The van der Waals surface area contributed by atoms with E-state index in [2.05, 4.69) is 31.0 Å². The third kappa shape index (κ3) is 4.05. The van der Waals surface area contributed by atoms with Crippen LogP contribution in [0.3, 0.4) is 0 Å². The lowest BCUT2D eigenvalue weighted by atomic mass is 10.2. The van der Waals surface area contributed by atoms with Gasteiger partial charge in [0.05, 0.1) is 12.3 Å². The van der Waals surface area contributed by atoms with Gasteiger partial charge in [0.15, 0.2) is 5.52 Å². The molecule has 2 heterocycles. The van der Waals surface area contributed by atoms with Crippen molar-refractivity contribution in [2.24, 2.45) is 0 Å². The van der Waals surface area contributed by atoms with Crippen LogP contribution >= 0.6 is 0 Å². The normalized spacial score (nSPS) is 11.0. The van der Waals surface area contributed by atoms with Crippen LogP contribution in [0.5, 0.6) is 5.75 Å². The Morgan fingerprint density at radius 1 is 1.33 bits per heavy atom. The predicted molar refractivity (Wildman–Crippen MR) is 100 cm³/mol. The molecule has 3 aromatic rings. The Bertz CT molecular complexity index is 1010. The van der Waals surface area contributed by atoms with E-state index in [9.17, 15) is 9.59 Å². The van der Waals surface area contributed by atoms with E-state index in [4.69, 9.17) is 4.74 Å². The number of rotatable bonds is 6. The Morgan fingerprint density at radius 3 is 2.89 bits per heavy atom. The van der Waals surface area contributed by atoms with E-state index in [0.29, 0.717) is 23.7 Å². The van der Waals surface area contributed by atoms with E-state index in [1.54, 1.807) is 18.2 Å². The van der Waals surface area contributed by atoms with Crippen LogP contribution in [0, 0.1) is 0 Å². The number of ether oxygens (including phenoxy) is 1. The molecule has 0 unspecified atom stereocenters. The molecule has 142 valence electrons. The molecule has 27 heavy (non-hydrogen) atoms. The van der Waals surface area contributed by atoms with Gasteiger partial charge in [0.25, 0.3) is 5.56 Å².